The van der Waals surface area contributed by atoms with Gasteiger partial charge in [-0.2, -0.15) is 0 Å². The standard InChI is InChI=1S/C52H37N/c1-5-17-38(18-6-1)44-32-36-51(49(37-44)40-21-9-3-10-22-40)53(50-28-16-15-26-46(50)39-19-7-2-8-20-39)45-33-29-42(30-34-45)48-35-31-41-23-13-14-27-47(41)52(48)43-24-11-4-12-25-43/h1-37H/i29D,30D,32D,33D,34D,36D,37D. The third-order valence-corrected chi connectivity index (χ3v) is 9.47. The molecule has 0 fully saturated rings. The molecule has 0 aromatic heterocycles. The van der Waals surface area contributed by atoms with E-state index in [0.717, 1.165) is 27.5 Å². The first-order valence-corrected chi connectivity index (χ1v) is 17.6. The maximum atomic E-state index is 9.91. The molecule has 0 aliphatic carbocycles. The van der Waals surface area contributed by atoms with Crippen molar-refractivity contribution in [2.45, 2.75) is 0 Å². The lowest BCUT2D eigenvalue weighted by Crippen LogP contribution is -2.12. The number of anilines is 3. The van der Waals surface area contributed by atoms with Crippen LogP contribution in [0.15, 0.2) is 224 Å². The maximum absolute atomic E-state index is 9.91. The third-order valence-electron chi connectivity index (χ3n) is 9.47. The Labute approximate surface area is 321 Å². The summed E-state index contributed by atoms with van der Waals surface area (Å²) in [5.41, 5.74) is 6.15. The summed E-state index contributed by atoms with van der Waals surface area (Å²) in [7, 11) is 0. The number of hydrogen-bond donors (Lipinski definition) is 0. The lowest BCUT2D eigenvalue weighted by atomic mass is 9.89. The molecule has 0 heterocycles. The van der Waals surface area contributed by atoms with E-state index in [1.807, 2.05) is 182 Å². The van der Waals surface area contributed by atoms with Crippen LogP contribution in [-0.4, -0.2) is 0 Å². The summed E-state index contributed by atoms with van der Waals surface area (Å²) < 4.78 is 68.6. The summed E-state index contributed by atoms with van der Waals surface area (Å²) in [6.07, 6.45) is 0. The van der Waals surface area contributed by atoms with Gasteiger partial charge in [0.25, 0.3) is 0 Å². The van der Waals surface area contributed by atoms with Crippen LogP contribution in [0.2, 0.25) is 0 Å². The Morgan fingerprint density at radius 2 is 0.849 bits per heavy atom. The van der Waals surface area contributed by atoms with Crippen molar-refractivity contribution in [2.24, 2.45) is 0 Å². The normalized spacial score (nSPS) is 12.9. The van der Waals surface area contributed by atoms with Crippen molar-refractivity contribution in [2.75, 3.05) is 4.90 Å². The zero-order valence-electron chi connectivity index (χ0n) is 35.8. The van der Waals surface area contributed by atoms with Gasteiger partial charge in [-0.15, -0.1) is 0 Å². The van der Waals surface area contributed by atoms with Gasteiger partial charge in [0.15, 0.2) is 0 Å². The fraction of sp³-hybridized carbons (Fsp3) is 0. The zero-order chi connectivity index (χ0) is 41.5. The number of rotatable bonds is 8. The fourth-order valence-corrected chi connectivity index (χ4v) is 6.96. The second-order valence-corrected chi connectivity index (χ2v) is 12.7. The van der Waals surface area contributed by atoms with Crippen LogP contribution in [0.5, 0.6) is 0 Å². The molecule has 0 unspecified atom stereocenters. The smallest absolute Gasteiger partial charge is 0.0645 e. The van der Waals surface area contributed by atoms with Crippen molar-refractivity contribution in [3.63, 3.8) is 0 Å². The third kappa shape index (κ3) is 6.30. The van der Waals surface area contributed by atoms with Crippen molar-refractivity contribution in [1.82, 2.24) is 0 Å². The molecule has 0 aliphatic rings. The van der Waals surface area contributed by atoms with Crippen molar-refractivity contribution < 1.29 is 9.60 Å². The predicted octanol–water partition coefficient (Wildman–Crippen LogP) is 14.6. The van der Waals surface area contributed by atoms with E-state index in [1.54, 1.807) is 4.90 Å². The molecule has 0 atom stereocenters. The van der Waals surface area contributed by atoms with E-state index in [0.29, 0.717) is 33.5 Å². The summed E-state index contributed by atoms with van der Waals surface area (Å²) in [6.45, 7) is 0. The Hall–Kier alpha value is -6.96. The molecule has 0 aliphatic heterocycles. The molecule has 250 valence electrons. The topological polar surface area (TPSA) is 3.24 Å². The molecule has 0 saturated carbocycles. The van der Waals surface area contributed by atoms with Gasteiger partial charge < -0.3 is 4.90 Å². The van der Waals surface area contributed by atoms with Crippen LogP contribution >= 0.6 is 0 Å². The second-order valence-electron chi connectivity index (χ2n) is 12.7. The SMILES string of the molecule is [2H]c1c([2H])c(N(c2ccccc2-c2ccccc2)c2c([2H])c([2H])c(-c3ccc4ccccc4c3-c3ccccc3)c([2H])c2[2H])c(-c2ccccc2)c([2H])c1-c1ccccc1. The summed E-state index contributed by atoms with van der Waals surface area (Å²) in [6, 6.07) is 55.4. The van der Waals surface area contributed by atoms with E-state index in [9.17, 15) is 9.60 Å². The van der Waals surface area contributed by atoms with Crippen LogP contribution in [0.1, 0.15) is 9.60 Å². The number of fused-ring (bicyclic) bond motifs is 1. The van der Waals surface area contributed by atoms with E-state index in [-0.39, 0.29) is 64.8 Å². The van der Waals surface area contributed by atoms with Gasteiger partial charge in [0.1, 0.15) is 0 Å². The minimum Gasteiger partial charge on any atom is -0.309 e. The molecule has 0 bridgehead atoms. The van der Waals surface area contributed by atoms with Crippen molar-refractivity contribution in [1.29, 1.82) is 0 Å². The minimum absolute atomic E-state index is 0.00105. The van der Waals surface area contributed by atoms with Gasteiger partial charge in [-0.05, 0) is 85.5 Å². The molecular weight excluding hydrogens is 639 g/mol. The molecule has 0 radical (unpaired) electrons. The number of para-hydroxylation sites is 1. The summed E-state index contributed by atoms with van der Waals surface area (Å²) >= 11 is 0. The first-order valence-electron chi connectivity index (χ1n) is 21.1. The lowest BCUT2D eigenvalue weighted by Gasteiger charge is -2.30. The highest BCUT2D eigenvalue weighted by atomic mass is 15.1. The second kappa shape index (κ2) is 14.3. The highest BCUT2D eigenvalue weighted by Crippen LogP contribution is 2.46. The Bertz CT molecular complexity index is 3020. The van der Waals surface area contributed by atoms with Crippen molar-refractivity contribution in [3.8, 4) is 55.6 Å². The first-order chi connectivity index (χ1) is 29.3. The minimum atomic E-state index is -0.329. The predicted molar refractivity (Wildman–Crippen MR) is 226 cm³/mol. The molecular formula is C52H37N. The van der Waals surface area contributed by atoms with Gasteiger partial charge >= 0.3 is 0 Å². The first kappa shape index (κ1) is 25.1. The van der Waals surface area contributed by atoms with E-state index in [1.165, 1.54) is 0 Å². The molecule has 9 aromatic rings. The van der Waals surface area contributed by atoms with Gasteiger partial charge in [-0.25, -0.2) is 0 Å². The van der Waals surface area contributed by atoms with Crippen LogP contribution in [0, 0.1) is 0 Å². The Kier molecular flexibility index (Phi) is 6.78. The summed E-state index contributed by atoms with van der Waals surface area (Å²) in [5.74, 6) is 0. The van der Waals surface area contributed by atoms with Crippen LogP contribution in [0.3, 0.4) is 0 Å². The highest BCUT2D eigenvalue weighted by Gasteiger charge is 2.22. The number of benzene rings is 9. The highest BCUT2D eigenvalue weighted by molar-refractivity contribution is 6.04. The van der Waals surface area contributed by atoms with Crippen LogP contribution in [0.4, 0.5) is 17.1 Å². The van der Waals surface area contributed by atoms with Crippen molar-refractivity contribution >= 4 is 27.8 Å². The molecule has 1 nitrogen and oxygen atoms in total. The van der Waals surface area contributed by atoms with Gasteiger partial charge in [-0.1, -0.05) is 194 Å². The van der Waals surface area contributed by atoms with E-state index >= 15 is 0 Å². The Balaban J connectivity index is 1.41. The average molecular weight is 683 g/mol. The number of nitrogens with zero attached hydrogens (tertiary/aromatic N) is 1. The molecule has 53 heavy (non-hydrogen) atoms. The zero-order valence-corrected chi connectivity index (χ0v) is 28.8. The van der Waals surface area contributed by atoms with E-state index in [4.69, 9.17) is 0 Å². The summed E-state index contributed by atoms with van der Waals surface area (Å²) in [5, 5.41) is 1.89. The monoisotopic (exact) mass is 682 g/mol. The van der Waals surface area contributed by atoms with Crippen LogP contribution in [0.25, 0.3) is 66.4 Å². The Morgan fingerprint density at radius 3 is 1.53 bits per heavy atom. The van der Waals surface area contributed by atoms with Gasteiger partial charge in [0.2, 0.25) is 0 Å². The van der Waals surface area contributed by atoms with Crippen LogP contribution < -0.4 is 4.90 Å². The quantitative estimate of drug-likeness (QED) is 0.154. The Morgan fingerprint density at radius 1 is 0.321 bits per heavy atom. The average Bonchev–Trinajstić information content (AvgIpc) is 3.30. The van der Waals surface area contributed by atoms with Crippen LogP contribution in [-0.2, 0) is 0 Å². The molecule has 9 aromatic carbocycles. The molecule has 9 rings (SSSR count). The molecule has 0 amide bonds. The van der Waals surface area contributed by atoms with Gasteiger partial charge in [0, 0.05) is 16.8 Å². The number of hydrogen-bond acceptors (Lipinski definition) is 1. The van der Waals surface area contributed by atoms with Gasteiger partial charge in [0.05, 0.1) is 21.0 Å². The lowest BCUT2D eigenvalue weighted by molar-refractivity contribution is 1.28. The molecule has 1 heteroatoms. The fourth-order valence-electron chi connectivity index (χ4n) is 6.96. The van der Waals surface area contributed by atoms with Crippen molar-refractivity contribution in [3.05, 3.63) is 224 Å². The van der Waals surface area contributed by atoms with E-state index in [2.05, 4.69) is 0 Å². The van der Waals surface area contributed by atoms with Gasteiger partial charge in [-0.3, -0.25) is 0 Å². The summed E-state index contributed by atoms with van der Waals surface area (Å²) in [4.78, 5) is 1.58. The molecule has 0 saturated heterocycles. The maximum Gasteiger partial charge on any atom is 0.0645 e. The molecule has 0 N–H and O–H groups in total. The van der Waals surface area contributed by atoms with E-state index < -0.39 is 0 Å². The largest absolute Gasteiger partial charge is 0.309 e. The molecule has 0 spiro atoms.